The average molecular weight is 443 g/mol. The lowest BCUT2D eigenvalue weighted by atomic mass is 10.0. The normalized spacial score (nSPS) is 11.4. The van der Waals surface area contributed by atoms with Crippen LogP contribution in [0.1, 0.15) is 11.3 Å². The van der Waals surface area contributed by atoms with E-state index >= 15 is 0 Å². The average Bonchev–Trinajstić information content (AvgIpc) is 2.72. The van der Waals surface area contributed by atoms with E-state index in [1.165, 1.54) is 12.1 Å². The van der Waals surface area contributed by atoms with Crippen LogP contribution in [0.3, 0.4) is 0 Å². The maximum atomic E-state index is 11.0. The number of fused-ring (bicyclic) bond motifs is 1. The summed E-state index contributed by atoms with van der Waals surface area (Å²) in [5.74, 6) is 0.264. The zero-order valence-electron chi connectivity index (χ0n) is 15.4. The van der Waals surface area contributed by atoms with Crippen molar-refractivity contribution in [3.8, 4) is 5.75 Å². The molecule has 10 heteroatoms. The number of nitrogens with zero attached hydrogens (tertiary/aromatic N) is 3. The minimum absolute atomic E-state index is 0.0295. The second-order valence-corrected chi connectivity index (χ2v) is 7.78. The van der Waals surface area contributed by atoms with Crippen LogP contribution in [0.15, 0.2) is 67.0 Å². The molecule has 0 aliphatic heterocycles. The minimum Gasteiger partial charge on any atom is -0.360 e. The number of hydrogen-bond donors (Lipinski definition) is 2. The molecule has 0 radical (unpaired) electrons. The Balaban J connectivity index is 1.69. The SMILES string of the molecule is O=S(=O)(O)Oc1cc(Nc2nnc(Cc3ccncc3)c3ccccc23)ccc1Cl. The van der Waals surface area contributed by atoms with Crippen LogP contribution in [0, 0.1) is 0 Å². The van der Waals surface area contributed by atoms with Gasteiger partial charge < -0.3 is 9.50 Å². The van der Waals surface area contributed by atoms with Gasteiger partial charge in [0.25, 0.3) is 0 Å². The summed E-state index contributed by atoms with van der Waals surface area (Å²) < 4.78 is 35.4. The Bertz CT molecular complexity index is 1320. The molecule has 2 heterocycles. The molecular weight excluding hydrogens is 428 g/mol. The third-order valence-corrected chi connectivity index (χ3v) is 4.98. The molecule has 0 amide bonds. The Morgan fingerprint density at radius 3 is 2.47 bits per heavy atom. The van der Waals surface area contributed by atoms with E-state index in [-0.39, 0.29) is 10.8 Å². The third kappa shape index (κ3) is 4.65. The highest BCUT2D eigenvalue weighted by molar-refractivity contribution is 7.81. The largest absolute Gasteiger partial charge is 0.446 e. The molecule has 152 valence electrons. The molecule has 4 rings (SSSR count). The second kappa shape index (κ2) is 8.23. The number of nitrogens with one attached hydrogen (secondary N) is 1. The first kappa shape index (κ1) is 20.0. The van der Waals surface area contributed by atoms with Crippen LogP contribution in [0.5, 0.6) is 5.75 Å². The summed E-state index contributed by atoms with van der Waals surface area (Å²) in [6, 6.07) is 15.9. The topological polar surface area (TPSA) is 114 Å². The summed E-state index contributed by atoms with van der Waals surface area (Å²) in [5, 5.41) is 13.6. The van der Waals surface area contributed by atoms with Crippen molar-refractivity contribution in [2.75, 3.05) is 5.32 Å². The van der Waals surface area contributed by atoms with Gasteiger partial charge in [-0.25, -0.2) is 0 Å². The van der Waals surface area contributed by atoms with Gasteiger partial charge in [-0.05, 0) is 29.8 Å². The summed E-state index contributed by atoms with van der Waals surface area (Å²) in [6.07, 6.45) is 4.06. The summed E-state index contributed by atoms with van der Waals surface area (Å²) >= 11 is 5.94. The molecule has 30 heavy (non-hydrogen) atoms. The standard InChI is InChI=1S/C20H15ClN4O4S/c21-17-6-5-14(12-19(17)29-30(26,27)28)23-20-16-4-2-1-3-15(16)18(24-25-20)11-13-7-9-22-10-8-13/h1-10,12H,11H2,(H,23,25)(H,26,27,28). The number of benzene rings is 2. The molecular formula is C20H15ClN4O4S. The Morgan fingerprint density at radius 2 is 1.73 bits per heavy atom. The monoisotopic (exact) mass is 442 g/mol. The summed E-state index contributed by atoms with van der Waals surface area (Å²) in [6.45, 7) is 0. The fourth-order valence-corrected chi connectivity index (χ4v) is 3.54. The Kier molecular flexibility index (Phi) is 5.49. The maximum Gasteiger partial charge on any atom is 0.446 e. The van der Waals surface area contributed by atoms with Crippen molar-refractivity contribution in [1.29, 1.82) is 0 Å². The van der Waals surface area contributed by atoms with Gasteiger partial charge in [-0.1, -0.05) is 35.9 Å². The molecule has 0 aliphatic rings. The van der Waals surface area contributed by atoms with E-state index in [1.807, 2.05) is 36.4 Å². The zero-order chi connectivity index (χ0) is 21.1. The van der Waals surface area contributed by atoms with Crippen molar-refractivity contribution >= 4 is 44.3 Å². The van der Waals surface area contributed by atoms with Gasteiger partial charge in [0, 0.05) is 41.3 Å². The number of aromatic nitrogens is 3. The molecule has 2 N–H and O–H groups in total. The first-order valence-electron chi connectivity index (χ1n) is 8.76. The molecule has 0 bridgehead atoms. The molecule has 4 aromatic rings. The predicted molar refractivity (Wildman–Crippen MR) is 113 cm³/mol. The van der Waals surface area contributed by atoms with Gasteiger partial charge in [-0.3, -0.25) is 9.54 Å². The lowest BCUT2D eigenvalue weighted by Gasteiger charge is -2.12. The summed E-state index contributed by atoms with van der Waals surface area (Å²) in [5.41, 5.74) is 2.34. The Hall–Kier alpha value is -3.27. The number of anilines is 2. The van der Waals surface area contributed by atoms with E-state index in [9.17, 15) is 8.42 Å². The smallest absolute Gasteiger partial charge is 0.360 e. The molecule has 0 saturated carbocycles. The van der Waals surface area contributed by atoms with Crippen LogP contribution in [-0.2, 0) is 16.8 Å². The van der Waals surface area contributed by atoms with Gasteiger partial charge in [0.05, 0.1) is 10.7 Å². The number of hydrogen-bond acceptors (Lipinski definition) is 7. The lowest BCUT2D eigenvalue weighted by molar-refractivity contribution is 0.387. The quantitative estimate of drug-likeness (QED) is 0.427. The molecule has 2 aromatic heterocycles. The van der Waals surface area contributed by atoms with E-state index in [2.05, 4.69) is 24.7 Å². The predicted octanol–water partition coefficient (Wildman–Crippen LogP) is 4.19. The molecule has 0 spiro atoms. The highest BCUT2D eigenvalue weighted by atomic mass is 35.5. The maximum absolute atomic E-state index is 11.0. The van der Waals surface area contributed by atoms with E-state index in [4.69, 9.17) is 16.2 Å². The first-order valence-corrected chi connectivity index (χ1v) is 10.5. The van der Waals surface area contributed by atoms with E-state index in [0.29, 0.717) is 17.9 Å². The number of halogens is 1. The van der Waals surface area contributed by atoms with Gasteiger partial charge >= 0.3 is 10.4 Å². The molecule has 0 unspecified atom stereocenters. The molecule has 0 saturated heterocycles. The number of rotatable bonds is 6. The third-order valence-electron chi connectivity index (χ3n) is 4.27. The van der Waals surface area contributed by atoms with E-state index in [0.717, 1.165) is 22.0 Å². The second-order valence-electron chi connectivity index (χ2n) is 6.35. The highest BCUT2D eigenvalue weighted by Gasteiger charge is 2.14. The van der Waals surface area contributed by atoms with Crippen LogP contribution in [0.4, 0.5) is 11.5 Å². The van der Waals surface area contributed by atoms with Crippen molar-refractivity contribution < 1.29 is 17.2 Å². The summed E-state index contributed by atoms with van der Waals surface area (Å²) in [7, 11) is -4.70. The fraction of sp³-hybridized carbons (Fsp3) is 0.0500. The van der Waals surface area contributed by atoms with Crippen molar-refractivity contribution in [2.24, 2.45) is 0 Å². The minimum atomic E-state index is -4.70. The van der Waals surface area contributed by atoms with Crippen LogP contribution < -0.4 is 9.50 Å². The molecule has 2 aromatic carbocycles. The Morgan fingerprint density at radius 1 is 1.00 bits per heavy atom. The number of pyridine rings is 1. The molecule has 0 atom stereocenters. The first-order chi connectivity index (χ1) is 14.4. The highest BCUT2D eigenvalue weighted by Crippen LogP contribution is 2.32. The van der Waals surface area contributed by atoms with E-state index in [1.54, 1.807) is 18.5 Å². The zero-order valence-corrected chi connectivity index (χ0v) is 16.9. The van der Waals surface area contributed by atoms with Gasteiger partial charge in [-0.15, -0.1) is 5.10 Å². The molecule has 8 nitrogen and oxygen atoms in total. The van der Waals surface area contributed by atoms with Crippen molar-refractivity contribution in [1.82, 2.24) is 15.2 Å². The van der Waals surface area contributed by atoms with Gasteiger partial charge in [0.2, 0.25) is 0 Å². The fourth-order valence-electron chi connectivity index (χ4n) is 2.97. The van der Waals surface area contributed by atoms with Crippen LogP contribution in [0.2, 0.25) is 5.02 Å². The van der Waals surface area contributed by atoms with Gasteiger partial charge in [0.1, 0.15) is 0 Å². The van der Waals surface area contributed by atoms with Crippen LogP contribution in [0.25, 0.3) is 10.8 Å². The van der Waals surface area contributed by atoms with Crippen molar-refractivity contribution in [2.45, 2.75) is 6.42 Å². The molecule has 0 fully saturated rings. The van der Waals surface area contributed by atoms with Crippen molar-refractivity contribution in [3.63, 3.8) is 0 Å². The van der Waals surface area contributed by atoms with Gasteiger partial charge in [-0.2, -0.15) is 13.5 Å². The van der Waals surface area contributed by atoms with Crippen molar-refractivity contribution in [3.05, 3.63) is 83.3 Å². The van der Waals surface area contributed by atoms with E-state index < -0.39 is 10.4 Å². The van der Waals surface area contributed by atoms with Crippen LogP contribution >= 0.6 is 11.6 Å². The van der Waals surface area contributed by atoms with Crippen LogP contribution in [-0.4, -0.2) is 28.2 Å². The summed E-state index contributed by atoms with van der Waals surface area (Å²) in [4.78, 5) is 4.03. The van der Waals surface area contributed by atoms with Gasteiger partial charge in [0.15, 0.2) is 11.6 Å². The Labute approximate surface area is 177 Å². The molecule has 0 aliphatic carbocycles. The lowest BCUT2D eigenvalue weighted by Crippen LogP contribution is -2.07.